The number of amides is 1. The molecule has 2 aromatic carbocycles. The first-order valence-electron chi connectivity index (χ1n) is 10.8. The monoisotopic (exact) mass is 449 g/mol. The Hall–Kier alpha value is -3.81. The smallest absolute Gasteiger partial charge is 0.337 e. The highest BCUT2D eigenvalue weighted by atomic mass is 16.5. The Morgan fingerprint density at radius 2 is 1.91 bits per heavy atom. The van der Waals surface area contributed by atoms with E-state index in [0.29, 0.717) is 28.7 Å². The summed E-state index contributed by atoms with van der Waals surface area (Å²) in [5.74, 6) is 0.990. The minimum atomic E-state index is -0.398. The fraction of sp³-hybridized carbons (Fsp3) is 0.320. The van der Waals surface area contributed by atoms with Crippen molar-refractivity contribution in [1.82, 2.24) is 15.1 Å². The third kappa shape index (κ3) is 5.16. The van der Waals surface area contributed by atoms with Crippen LogP contribution in [0.4, 0.5) is 0 Å². The van der Waals surface area contributed by atoms with Gasteiger partial charge in [-0.1, -0.05) is 24.3 Å². The van der Waals surface area contributed by atoms with Gasteiger partial charge in [-0.2, -0.15) is 5.10 Å². The molecule has 1 N–H and O–H groups in total. The highest BCUT2D eigenvalue weighted by Crippen LogP contribution is 2.39. The molecule has 0 atom stereocenters. The normalized spacial score (nSPS) is 12.8. The minimum Gasteiger partial charge on any atom is -0.493 e. The van der Waals surface area contributed by atoms with E-state index in [1.165, 1.54) is 7.11 Å². The number of nitrogens with one attached hydrogen (secondary N) is 1. The molecule has 1 aromatic heterocycles. The van der Waals surface area contributed by atoms with Crippen LogP contribution in [-0.4, -0.2) is 35.9 Å². The van der Waals surface area contributed by atoms with Gasteiger partial charge >= 0.3 is 5.97 Å². The number of hydrogen-bond acceptors (Lipinski definition) is 6. The van der Waals surface area contributed by atoms with Crippen molar-refractivity contribution in [2.45, 2.75) is 31.9 Å². The summed E-state index contributed by atoms with van der Waals surface area (Å²) in [6.07, 6.45) is 2.27. The molecule has 1 aliphatic rings. The van der Waals surface area contributed by atoms with Gasteiger partial charge in [-0.05, 0) is 42.7 Å². The largest absolute Gasteiger partial charge is 0.493 e. The van der Waals surface area contributed by atoms with Crippen LogP contribution in [0.25, 0.3) is 0 Å². The van der Waals surface area contributed by atoms with Crippen molar-refractivity contribution in [3.63, 3.8) is 0 Å². The number of hydrogen-bond donors (Lipinski definition) is 1. The quantitative estimate of drug-likeness (QED) is 0.502. The van der Waals surface area contributed by atoms with Crippen molar-refractivity contribution in [1.29, 1.82) is 0 Å². The van der Waals surface area contributed by atoms with Gasteiger partial charge in [0.1, 0.15) is 12.3 Å². The average molecular weight is 450 g/mol. The van der Waals surface area contributed by atoms with Crippen LogP contribution < -0.4 is 14.8 Å². The van der Waals surface area contributed by atoms with Crippen molar-refractivity contribution in [2.24, 2.45) is 7.05 Å². The Balaban J connectivity index is 1.43. The standard InChI is InChI=1S/C25H27N3O5/c1-28-21(13-20(27-28)17-10-11-17)24(29)26-14-19-8-5-9-22(23(19)31-2)33-15-16-6-4-7-18(12-16)25(30)32-3/h4-9,12-13,17H,10-11,14-15H2,1-3H3,(H,26,29). The van der Waals surface area contributed by atoms with E-state index in [2.05, 4.69) is 10.4 Å². The lowest BCUT2D eigenvalue weighted by atomic mass is 10.1. The highest BCUT2D eigenvalue weighted by Gasteiger charge is 2.28. The van der Waals surface area contributed by atoms with E-state index in [9.17, 15) is 9.59 Å². The molecule has 0 aliphatic heterocycles. The van der Waals surface area contributed by atoms with Crippen molar-refractivity contribution >= 4 is 11.9 Å². The third-order valence-corrected chi connectivity index (χ3v) is 5.57. The molecule has 0 radical (unpaired) electrons. The lowest BCUT2D eigenvalue weighted by Gasteiger charge is -2.15. The Kier molecular flexibility index (Phi) is 6.63. The maximum absolute atomic E-state index is 12.7. The van der Waals surface area contributed by atoms with Crippen LogP contribution >= 0.6 is 0 Å². The second kappa shape index (κ2) is 9.77. The highest BCUT2D eigenvalue weighted by molar-refractivity contribution is 5.92. The predicted molar refractivity (Wildman–Crippen MR) is 121 cm³/mol. The average Bonchev–Trinajstić information content (AvgIpc) is 3.62. The van der Waals surface area contributed by atoms with Crippen LogP contribution in [0.15, 0.2) is 48.5 Å². The van der Waals surface area contributed by atoms with Crippen LogP contribution in [0.2, 0.25) is 0 Å². The maximum Gasteiger partial charge on any atom is 0.337 e. The third-order valence-electron chi connectivity index (χ3n) is 5.57. The number of rotatable bonds is 9. The van der Waals surface area contributed by atoms with E-state index < -0.39 is 5.97 Å². The van der Waals surface area contributed by atoms with Crippen molar-refractivity contribution in [3.8, 4) is 11.5 Å². The molecule has 1 amide bonds. The second-order valence-electron chi connectivity index (χ2n) is 7.96. The molecule has 1 aliphatic carbocycles. The Morgan fingerprint density at radius 3 is 2.64 bits per heavy atom. The van der Waals surface area contributed by atoms with Crippen molar-refractivity contribution in [3.05, 3.63) is 76.6 Å². The van der Waals surface area contributed by atoms with Crippen molar-refractivity contribution < 1.29 is 23.8 Å². The zero-order valence-corrected chi connectivity index (χ0v) is 19.0. The number of methoxy groups -OCH3 is 2. The van der Waals surface area contributed by atoms with Gasteiger partial charge in [0, 0.05) is 25.1 Å². The molecule has 1 saturated carbocycles. The molecule has 3 aromatic rings. The number of aromatic nitrogens is 2. The molecule has 1 heterocycles. The van der Waals surface area contributed by atoms with E-state index in [0.717, 1.165) is 29.7 Å². The molecule has 8 heteroatoms. The number of esters is 1. The number of benzene rings is 2. The number of nitrogens with zero attached hydrogens (tertiary/aromatic N) is 2. The molecule has 4 rings (SSSR count). The maximum atomic E-state index is 12.7. The summed E-state index contributed by atoms with van der Waals surface area (Å²) in [7, 11) is 4.69. The summed E-state index contributed by atoms with van der Waals surface area (Å²) >= 11 is 0. The van der Waals surface area contributed by atoms with Crippen LogP contribution in [0.5, 0.6) is 11.5 Å². The van der Waals surface area contributed by atoms with Gasteiger partial charge in [0.25, 0.3) is 5.91 Å². The number of para-hydroxylation sites is 1. The molecular weight excluding hydrogens is 422 g/mol. The van der Waals surface area contributed by atoms with Gasteiger partial charge in [-0.15, -0.1) is 0 Å². The van der Waals surface area contributed by atoms with E-state index >= 15 is 0 Å². The summed E-state index contributed by atoms with van der Waals surface area (Å²) in [5, 5.41) is 7.40. The SMILES string of the molecule is COC(=O)c1cccc(COc2cccc(CNC(=O)c3cc(C4CC4)nn3C)c2OC)c1. The molecular formula is C25H27N3O5. The Morgan fingerprint density at radius 1 is 1.12 bits per heavy atom. The van der Waals surface area contributed by atoms with Gasteiger partial charge in [0.05, 0.1) is 25.5 Å². The Labute approximate surface area is 192 Å². The first-order chi connectivity index (χ1) is 16.0. The van der Waals surface area contributed by atoms with Crippen molar-refractivity contribution in [2.75, 3.05) is 14.2 Å². The molecule has 0 bridgehead atoms. The topological polar surface area (TPSA) is 91.7 Å². The number of ether oxygens (including phenoxy) is 3. The summed E-state index contributed by atoms with van der Waals surface area (Å²) < 4.78 is 17.9. The zero-order chi connectivity index (χ0) is 23.4. The lowest BCUT2D eigenvalue weighted by Crippen LogP contribution is -2.25. The summed E-state index contributed by atoms with van der Waals surface area (Å²) in [5.41, 5.74) is 3.58. The van der Waals surface area contributed by atoms with Crippen LogP contribution in [0.1, 0.15) is 56.4 Å². The molecule has 0 spiro atoms. The summed E-state index contributed by atoms with van der Waals surface area (Å²) in [6.45, 7) is 0.525. The van der Waals surface area contributed by atoms with E-state index in [1.54, 1.807) is 43.1 Å². The molecule has 8 nitrogen and oxygen atoms in total. The fourth-order valence-corrected chi connectivity index (χ4v) is 3.66. The molecule has 0 unspecified atom stereocenters. The fourth-order valence-electron chi connectivity index (χ4n) is 3.66. The minimum absolute atomic E-state index is 0.190. The van der Waals surface area contributed by atoms with Gasteiger partial charge in [-0.3, -0.25) is 9.48 Å². The van der Waals surface area contributed by atoms with E-state index in [4.69, 9.17) is 14.2 Å². The first kappa shape index (κ1) is 22.4. The lowest BCUT2D eigenvalue weighted by molar-refractivity contribution is 0.0600. The Bertz CT molecular complexity index is 1170. The van der Waals surface area contributed by atoms with E-state index in [1.807, 2.05) is 24.3 Å². The zero-order valence-electron chi connectivity index (χ0n) is 19.0. The summed E-state index contributed by atoms with van der Waals surface area (Å²) in [6, 6.07) is 14.5. The molecule has 33 heavy (non-hydrogen) atoms. The van der Waals surface area contributed by atoms with Gasteiger partial charge in [-0.25, -0.2) is 4.79 Å². The van der Waals surface area contributed by atoms with Crippen LogP contribution in [0, 0.1) is 0 Å². The number of carbonyl (C=O) groups is 2. The molecule has 0 saturated heterocycles. The van der Waals surface area contributed by atoms with E-state index in [-0.39, 0.29) is 19.1 Å². The number of aryl methyl sites for hydroxylation is 1. The second-order valence-corrected chi connectivity index (χ2v) is 7.96. The summed E-state index contributed by atoms with van der Waals surface area (Å²) in [4.78, 5) is 24.5. The van der Waals surface area contributed by atoms with Crippen LogP contribution in [-0.2, 0) is 24.9 Å². The van der Waals surface area contributed by atoms with Gasteiger partial charge < -0.3 is 19.5 Å². The number of carbonyl (C=O) groups excluding carboxylic acids is 2. The van der Waals surface area contributed by atoms with Gasteiger partial charge in [0.2, 0.25) is 0 Å². The molecule has 172 valence electrons. The molecule has 1 fully saturated rings. The first-order valence-corrected chi connectivity index (χ1v) is 10.8. The predicted octanol–water partition coefficient (Wildman–Crippen LogP) is 3.60. The van der Waals surface area contributed by atoms with Crippen LogP contribution in [0.3, 0.4) is 0 Å². The van der Waals surface area contributed by atoms with Gasteiger partial charge in [0.15, 0.2) is 11.5 Å².